The molecule has 2 heteroatoms. The molecule has 0 aliphatic heterocycles. The Bertz CT molecular complexity index is 413. The largest absolute Gasteiger partial charge is 0.0619 e. The van der Waals surface area contributed by atoms with Crippen molar-refractivity contribution in [2.75, 3.05) is 0 Å². The third-order valence-corrected chi connectivity index (χ3v) is 3.98. The summed E-state index contributed by atoms with van der Waals surface area (Å²) < 4.78 is 2.79. The molecule has 2 aliphatic carbocycles. The van der Waals surface area contributed by atoms with Gasteiger partial charge in [-0.1, -0.05) is 48.6 Å². The molecule has 82 valence electrons. The molecule has 0 fully saturated rings. The van der Waals surface area contributed by atoms with Crippen molar-refractivity contribution < 1.29 is 0 Å². The van der Waals surface area contributed by atoms with Gasteiger partial charge in [0.05, 0.1) is 0 Å². The Hall–Kier alpha value is -0.100. The maximum Gasteiger partial charge on any atom is 0.00353 e. The van der Waals surface area contributed by atoms with Crippen molar-refractivity contribution in [3.05, 3.63) is 66.9 Å². The first-order chi connectivity index (χ1) is 7.75. The van der Waals surface area contributed by atoms with E-state index in [0.717, 1.165) is 12.8 Å². The minimum absolute atomic E-state index is 1.05. The highest BCUT2D eigenvalue weighted by molar-refractivity contribution is 14.1. The molecule has 2 rings (SSSR count). The fourth-order valence-corrected chi connectivity index (χ4v) is 2.94. The highest BCUT2D eigenvalue weighted by Gasteiger charge is 2.09. The highest BCUT2D eigenvalue weighted by Crippen LogP contribution is 2.31. The number of halogens is 2. The molecule has 0 spiro atoms. The van der Waals surface area contributed by atoms with Crippen molar-refractivity contribution in [3.8, 4) is 0 Å². The Labute approximate surface area is 124 Å². The van der Waals surface area contributed by atoms with E-state index in [2.05, 4.69) is 93.8 Å². The Morgan fingerprint density at radius 1 is 0.625 bits per heavy atom. The van der Waals surface area contributed by atoms with E-state index < -0.39 is 0 Å². The van der Waals surface area contributed by atoms with Crippen molar-refractivity contribution in [2.24, 2.45) is 0 Å². The zero-order valence-electron chi connectivity index (χ0n) is 8.79. The van der Waals surface area contributed by atoms with Crippen LogP contribution >= 0.6 is 45.2 Å². The third kappa shape index (κ3) is 3.45. The zero-order chi connectivity index (χ0) is 11.4. The summed E-state index contributed by atoms with van der Waals surface area (Å²) in [4.78, 5) is 0. The molecule has 0 radical (unpaired) electrons. The fraction of sp³-hybridized carbons (Fsp3) is 0.143. The summed E-state index contributed by atoms with van der Waals surface area (Å²) in [5, 5.41) is 0. The minimum Gasteiger partial charge on any atom is -0.0619 e. The normalized spacial score (nSPS) is 20.4. The molecule has 2 aliphatic rings. The summed E-state index contributed by atoms with van der Waals surface area (Å²) in [5.41, 5.74) is 2.87. The molecule has 16 heavy (non-hydrogen) atoms. The molecule has 0 N–H and O–H groups in total. The van der Waals surface area contributed by atoms with Crippen LogP contribution in [0.5, 0.6) is 0 Å². The topological polar surface area (TPSA) is 0 Å². The Morgan fingerprint density at radius 2 is 1.00 bits per heavy atom. The first kappa shape index (κ1) is 12.4. The van der Waals surface area contributed by atoms with Gasteiger partial charge in [0.2, 0.25) is 0 Å². The summed E-state index contributed by atoms with van der Waals surface area (Å²) in [6.45, 7) is 0. The van der Waals surface area contributed by atoms with Crippen LogP contribution in [0.25, 0.3) is 0 Å². The lowest BCUT2D eigenvalue weighted by Gasteiger charge is -2.10. The van der Waals surface area contributed by atoms with Crippen molar-refractivity contribution in [2.45, 2.75) is 12.8 Å². The molecule has 0 aromatic rings. The van der Waals surface area contributed by atoms with E-state index in [1.807, 2.05) is 0 Å². The van der Waals surface area contributed by atoms with Crippen molar-refractivity contribution in [1.82, 2.24) is 0 Å². The van der Waals surface area contributed by atoms with Gasteiger partial charge in [0.1, 0.15) is 0 Å². The molecular formula is C14H12I2. The minimum atomic E-state index is 1.05. The van der Waals surface area contributed by atoms with Gasteiger partial charge in [-0.25, -0.2) is 0 Å². The van der Waals surface area contributed by atoms with Crippen molar-refractivity contribution in [1.29, 1.82) is 0 Å². The van der Waals surface area contributed by atoms with Gasteiger partial charge in [0.15, 0.2) is 0 Å². The molecule has 0 saturated carbocycles. The van der Waals surface area contributed by atoms with E-state index >= 15 is 0 Å². The van der Waals surface area contributed by atoms with Crippen LogP contribution in [0.1, 0.15) is 12.8 Å². The number of rotatable bonds is 1. The van der Waals surface area contributed by atoms with Crippen molar-refractivity contribution in [3.63, 3.8) is 0 Å². The lowest BCUT2D eigenvalue weighted by atomic mass is 9.99. The van der Waals surface area contributed by atoms with Crippen LogP contribution in [0.4, 0.5) is 0 Å². The molecular weight excluding hydrogens is 422 g/mol. The van der Waals surface area contributed by atoms with Crippen LogP contribution in [0.3, 0.4) is 0 Å². The van der Waals surface area contributed by atoms with E-state index in [0.29, 0.717) is 0 Å². The summed E-state index contributed by atoms with van der Waals surface area (Å²) in [5.74, 6) is 0. The molecule has 0 saturated heterocycles. The molecule has 0 heterocycles. The maximum atomic E-state index is 2.42. The second-order valence-electron chi connectivity index (χ2n) is 3.73. The molecule has 0 amide bonds. The van der Waals surface area contributed by atoms with E-state index in [1.165, 1.54) is 18.3 Å². The van der Waals surface area contributed by atoms with Crippen LogP contribution < -0.4 is 0 Å². The molecule has 0 nitrogen and oxygen atoms in total. The third-order valence-electron chi connectivity index (χ3n) is 2.50. The number of hydrogen-bond acceptors (Lipinski definition) is 0. The average molecular weight is 434 g/mol. The van der Waals surface area contributed by atoms with Crippen LogP contribution in [0.2, 0.25) is 0 Å². The van der Waals surface area contributed by atoms with Crippen LogP contribution in [0.15, 0.2) is 66.9 Å². The van der Waals surface area contributed by atoms with Gasteiger partial charge in [0.25, 0.3) is 0 Å². The van der Waals surface area contributed by atoms with Gasteiger partial charge < -0.3 is 0 Å². The smallest absolute Gasteiger partial charge is 0.00353 e. The Kier molecular flexibility index (Phi) is 4.64. The quantitative estimate of drug-likeness (QED) is 0.486. The average Bonchev–Trinajstić information content (AvgIpc) is 2.58. The van der Waals surface area contributed by atoms with Gasteiger partial charge in [-0.3, -0.25) is 0 Å². The predicted molar refractivity (Wildman–Crippen MR) is 87.9 cm³/mol. The fourth-order valence-electron chi connectivity index (χ4n) is 1.70. The van der Waals surface area contributed by atoms with Gasteiger partial charge in [-0.15, -0.1) is 0 Å². The van der Waals surface area contributed by atoms with E-state index in [-0.39, 0.29) is 0 Å². The molecule has 0 bridgehead atoms. The zero-order valence-corrected chi connectivity index (χ0v) is 13.1. The van der Waals surface area contributed by atoms with Crippen LogP contribution in [-0.2, 0) is 0 Å². The molecule has 0 aromatic carbocycles. The summed E-state index contributed by atoms with van der Waals surface area (Å²) in [6.07, 6.45) is 19.4. The predicted octanol–water partition coefficient (Wildman–Crippen LogP) is 5.40. The first-order valence-electron chi connectivity index (χ1n) is 5.20. The second-order valence-corrected chi connectivity index (χ2v) is 6.51. The van der Waals surface area contributed by atoms with E-state index in [9.17, 15) is 0 Å². The van der Waals surface area contributed by atoms with E-state index in [1.54, 1.807) is 0 Å². The van der Waals surface area contributed by atoms with Gasteiger partial charge in [-0.2, -0.15) is 0 Å². The summed E-state index contributed by atoms with van der Waals surface area (Å²) in [7, 11) is 0. The lowest BCUT2D eigenvalue weighted by Crippen LogP contribution is -1.90. The van der Waals surface area contributed by atoms with Gasteiger partial charge in [0, 0.05) is 12.8 Å². The maximum absolute atomic E-state index is 2.42. The molecule has 0 aromatic heterocycles. The van der Waals surface area contributed by atoms with Crippen molar-refractivity contribution >= 4 is 45.2 Å². The summed E-state index contributed by atoms with van der Waals surface area (Å²) in [6, 6.07) is 0. The SMILES string of the molecule is IC1=CC=CC=C(C2=CC=CC=C(I)C2)C1. The second kappa shape index (κ2) is 6.00. The molecule has 0 atom stereocenters. The molecule has 0 unspecified atom stereocenters. The van der Waals surface area contributed by atoms with Gasteiger partial charge in [-0.05, 0) is 63.5 Å². The standard InChI is InChI=1S/C14H12I2/c15-13-7-3-1-5-11(9-13)12-6-2-4-8-14(16)10-12/h1-8H,9-10H2. The Balaban J connectivity index is 2.26. The number of allylic oxidation sites excluding steroid dienone is 12. The van der Waals surface area contributed by atoms with E-state index in [4.69, 9.17) is 0 Å². The lowest BCUT2D eigenvalue weighted by molar-refractivity contribution is 1.13. The van der Waals surface area contributed by atoms with Crippen LogP contribution in [-0.4, -0.2) is 0 Å². The van der Waals surface area contributed by atoms with Gasteiger partial charge >= 0.3 is 0 Å². The first-order valence-corrected chi connectivity index (χ1v) is 7.35. The monoisotopic (exact) mass is 434 g/mol. The van der Waals surface area contributed by atoms with Crippen LogP contribution in [0, 0.1) is 0 Å². The Morgan fingerprint density at radius 3 is 1.44 bits per heavy atom. The summed E-state index contributed by atoms with van der Waals surface area (Å²) >= 11 is 4.83. The number of hydrogen-bond donors (Lipinski definition) is 0. The highest BCUT2D eigenvalue weighted by atomic mass is 127.